The fraction of sp³-hybridized carbons (Fsp3) is 0.333. The summed E-state index contributed by atoms with van der Waals surface area (Å²) in [6.07, 6.45) is 0.401. The minimum atomic E-state index is -0.682. The van der Waals surface area contributed by atoms with Gasteiger partial charge in [-0.05, 0) is 43.2 Å². The summed E-state index contributed by atoms with van der Waals surface area (Å²) in [6.45, 7) is 2.04. The molecule has 0 fully saturated rings. The van der Waals surface area contributed by atoms with Crippen LogP contribution in [0.25, 0.3) is 0 Å². The van der Waals surface area contributed by atoms with Crippen LogP contribution in [-0.4, -0.2) is 60.2 Å². The molecule has 2 aromatic rings. The number of nitrogens with one attached hydrogen (secondary N) is 1. The van der Waals surface area contributed by atoms with Gasteiger partial charge in [-0.1, -0.05) is 24.3 Å². The molecule has 2 aromatic carbocycles. The summed E-state index contributed by atoms with van der Waals surface area (Å²) in [5.74, 6) is -0.537. The van der Waals surface area contributed by atoms with Crippen molar-refractivity contribution in [1.82, 2.24) is 15.1 Å². The maximum absolute atomic E-state index is 13.0. The van der Waals surface area contributed by atoms with Crippen LogP contribution in [0.3, 0.4) is 0 Å². The van der Waals surface area contributed by atoms with E-state index in [1.807, 2.05) is 18.2 Å². The second kappa shape index (κ2) is 10.1. The molecular formula is C24H27N3O5. The van der Waals surface area contributed by atoms with Crippen LogP contribution in [0.4, 0.5) is 0 Å². The molecule has 0 saturated carbocycles. The first kappa shape index (κ1) is 23.0. The van der Waals surface area contributed by atoms with Gasteiger partial charge in [-0.3, -0.25) is 24.1 Å². The monoisotopic (exact) mass is 437 g/mol. The Morgan fingerprint density at radius 1 is 1.06 bits per heavy atom. The largest absolute Gasteiger partial charge is 0.497 e. The Hall–Kier alpha value is -3.68. The van der Waals surface area contributed by atoms with Crippen molar-refractivity contribution in [1.29, 1.82) is 0 Å². The molecule has 1 N–H and O–H groups in total. The number of ether oxygens (including phenoxy) is 1. The minimum absolute atomic E-state index is 0.0959. The van der Waals surface area contributed by atoms with E-state index in [4.69, 9.17) is 4.74 Å². The molecule has 0 radical (unpaired) electrons. The van der Waals surface area contributed by atoms with Crippen LogP contribution in [0.1, 0.15) is 46.0 Å². The summed E-state index contributed by atoms with van der Waals surface area (Å²) in [5.41, 5.74) is 1.60. The van der Waals surface area contributed by atoms with Crippen molar-refractivity contribution in [3.05, 3.63) is 65.2 Å². The number of amides is 4. The van der Waals surface area contributed by atoms with Crippen molar-refractivity contribution in [2.75, 3.05) is 20.7 Å². The van der Waals surface area contributed by atoms with Gasteiger partial charge in [-0.2, -0.15) is 0 Å². The molecule has 0 spiro atoms. The van der Waals surface area contributed by atoms with E-state index in [9.17, 15) is 19.2 Å². The molecule has 4 amide bonds. The van der Waals surface area contributed by atoms with E-state index in [0.717, 1.165) is 5.56 Å². The number of rotatable bonds is 9. The van der Waals surface area contributed by atoms with Crippen LogP contribution < -0.4 is 10.1 Å². The summed E-state index contributed by atoms with van der Waals surface area (Å²) in [4.78, 5) is 53.0. The summed E-state index contributed by atoms with van der Waals surface area (Å²) >= 11 is 0. The van der Waals surface area contributed by atoms with Gasteiger partial charge in [0.05, 0.1) is 18.2 Å². The second-order valence-electron chi connectivity index (χ2n) is 7.57. The average molecular weight is 437 g/mol. The van der Waals surface area contributed by atoms with Gasteiger partial charge in [0.2, 0.25) is 11.8 Å². The zero-order valence-electron chi connectivity index (χ0n) is 18.5. The van der Waals surface area contributed by atoms with Gasteiger partial charge < -0.3 is 15.0 Å². The van der Waals surface area contributed by atoms with Crippen LogP contribution in [-0.2, 0) is 16.1 Å². The molecule has 1 aliphatic heterocycles. The van der Waals surface area contributed by atoms with Crippen LogP contribution >= 0.6 is 0 Å². The number of nitrogens with zero attached hydrogens (tertiary/aromatic N) is 2. The predicted molar refractivity (Wildman–Crippen MR) is 118 cm³/mol. The topological polar surface area (TPSA) is 96.0 Å². The smallest absolute Gasteiger partial charge is 0.261 e. The van der Waals surface area contributed by atoms with Gasteiger partial charge >= 0.3 is 0 Å². The first-order valence-electron chi connectivity index (χ1n) is 10.5. The second-order valence-corrected chi connectivity index (χ2v) is 7.57. The van der Waals surface area contributed by atoms with Crippen molar-refractivity contribution >= 4 is 23.6 Å². The lowest BCUT2D eigenvalue weighted by molar-refractivity contribution is -0.140. The van der Waals surface area contributed by atoms with Crippen LogP contribution in [0.2, 0.25) is 0 Å². The Morgan fingerprint density at radius 2 is 1.72 bits per heavy atom. The van der Waals surface area contributed by atoms with Gasteiger partial charge in [0.1, 0.15) is 11.8 Å². The molecule has 32 heavy (non-hydrogen) atoms. The number of carbonyl (C=O) groups excluding carboxylic acids is 4. The van der Waals surface area contributed by atoms with Gasteiger partial charge in [-0.25, -0.2) is 0 Å². The number of hydrogen-bond donors (Lipinski definition) is 1. The van der Waals surface area contributed by atoms with Gasteiger partial charge in [-0.15, -0.1) is 0 Å². The number of carbonyl (C=O) groups is 4. The summed E-state index contributed by atoms with van der Waals surface area (Å²) < 4.78 is 5.24. The first-order chi connectivity index (χ1) is 15.4. The summed E-state index contributed by atoms with van der Waals surface area (Å²) in [6, 6.07) is 13.3. The number of hydrogen-bond acceptors (Lipinski definition) is 5. The highest BCUT2D eigenvalue weighted by atomic mass is 16.5. The van der Waals surface area contributed by atoms with Gasteiger partial charge in [0.15, 0.2) is 0 Å². The van der Waals surface area contributed by atoms with Crippen molar-refractivity contribution < 1.29 is 23.9 Å². The maximum Gasteiger partial charge on any atom is 0.261 e. The van der Waals surface area contributed by atoms with Crippen LogP contribution in [0.5, 0.6) is 5.75 Å². The molecule has 8 heteroatoms. The molecule has 0 aromatic heterocycles. The molecule has 0 saturated heterocycles. The SMILES string of the molecule is CNC(=O)[C@@H](C)N(Cc1cccc(OC)c1)C(=O)CCCN1C(=O)c2ccccc2C1=O. The van der Waals surface area contributed by atoms with Crippen molar-refractivity contribution in [2.24, 2.45) is 0 Å². The fourth-order valence-electron chi connectivity index (χ4n) is 3.73. The molecular weight excluding hydrogens is 410 g/mol. The molecule has 168 valence electrons. The Kier molecular flexibility index (Phi) is 7.25. The first-order valence-corrected chi connectivity index (χ1v) is 10.5. The van der Waals surface area contributed by atoms with E-state index in [-0.39, 0.29) is 43.1 Å². The summed E-state index contributed by atoms with van der Waals surface area (Å²) in [5, 5.41) is 2.58. The van der Waals surface area contributed by atoms with E-state index < -0.39 is 6.04 Å². The maximum atomic E-state index is 13.0. The average Bonchev–Trinajstić information content (AvgIpc) is 3.06. The third-order valence-corrected chi connectivity index (χ3v) is 5.55. The van der Waals surface area contributed by atoms with Crippen molar-refractivity contribution in [2.45, 2.75) is 32.4 Å². The molecule has 3 rings (SSSR count). The van der Waals surface area contributed by atoms with E-state index >= 15 is 0 Å². The zero-order valence-corrected chi connectivity index (χ0v) is 18.5. The number of likely N-dealkylation sites (N-methyl/N-ethyl adjacent to an activating group) is 1. The molecule has 0 unspecified atom stereocenters. The predicted octanol–water partition coefficient (Wildman–Crippen LogP) is 2.23. The Bertz CT molecular complexity index is 1000. The molecule has 8 nitrogen and oxygen atoms in total. The molecule has 1 aliphatic rings. The highest BCUT2D eigenvalue weighted by Crippen LogP contribution is 2.23. The summed E-state index contributed by atoms with van der Waals surface area (Å²) in [7, 11) is 3.09. The normalized spacial score (nSPS) is 13.5. The number of benzene rings is 2. The van der Waals surface area contributed by atoms with E-state index in [1.165, 1.54) is 16.8 Å². The van der Waals surface area contributed by atoms with Crippen molar-refractivity contribution in [3.63, 3.8) is 0 Å². The minimum Gasteiger partial charge on any atom is -0.497 e. The third kappa shape index (κ3) is 4.80. The Morgan fingerprint density at radius 3 is 2.31 bits per heavy atom. The molecule has 1 heterocycles. The number of imide groups is 1. The van der Waals surface area contributed by atoms with E-state index in [1.54, 1.807) is 44.4 Å². The van der Waals surface area contributed by atoms with Crippen LogP contribution in [0, 0.1) is 0 Å². The lowest BCUT2D eigenvalue weighted by Crippen LogP contribution is -2.46. The standard InChI is InChI=1S/C24H27N3O5/c1-16(22(29)25-2)27(15-17-8-6-9-18(14-17)32-3)21(28)12-7-13-26-23(30)19-10-4-5-11-20(19)24(26)31/h4-6,8-11,14,16H,7,12-13,15H2,1-3H3,(H,25,29)/t16-/m1/s1. The van der Waals surface area contributed by atoms with Gasteiger partial charge in [0, 0.05) is 26.6 Å². The number of methoxy groups -OCH3 is 1. The quantitative estimate of drug-likeness (QED) is 0.607. The van der Waals surface area contributed by atoms with Gasteiger partial charge in [0.25, 0.3) is 11.8 Å². The van der Waals surface area contributed by atoms with E-state index in [0.29, 0.717) is 23.3 Å². The number of fused-ring (bicyclic) bond motifs is 1. The lowest BCUT2D eigenvalue weighted by atomic mass is 10.1. The third-order valence-electron chi connectivity index (χ3n) is 5.55. The molecule has 0 aliphatic carbocycles. The highest BCUT2D eigenvalue weighted by Gasteiger charge is 2.35. The molecule has 0 bridgehead atoms. The Labute approximate surface area is 187 Å². The zero-order chi connectivity index (χ0) is 23.3. The van der Waals surface area contributed by atoms with Crippen molar-refractivity contribution in [3.8, 4) is 5.75 Å². The highest BCUT2D eigenvalue weighted by molar-refractivity contribution is 6.21. The Balaban J connectivity index is 1.66. The van der Waals surface area contributed by atoms with E-state index in [2.05, 4.69) is 5.32 Å². The lowest BCUT2D eigenvalue weighted by Gasteiger charge is -2.28. The fourth-order valence-corrected chi connectivity index (χ4v) is 3.73. The molecule has 1 atom stereocenters. The van der Waals surface area contributed by atoms with Crippen LogP contribution in [0.15, 0.2) is 48.5 Å².